The highest BCUT2D eigenvalue weighted by atomic mass is 16.1. The molecule has 0 aliphatic carbocycles. The van der Waals surface area contributed by atoms with E-state index in [-0.39, 0.29) is 5.56 Å². The normalized spacial score (nSPS) is 12.4. The van der Waals surface area contributed by atoms with Crippen LogP contribution in [0.25, 0.3) is 10.9 Å². The molecule has 4 heteroatoms. The minimum Gasteiger partial charge on any atom is -0.314 e. The smallest absolute Gasteiger partial charge is 0.258 e. The summed E-state index contributed by atoms with van der Waals surface area (Å²) in [4.78, 5) is 19.4. The van der Waals surface area contributed by atoms with Crippen molar-refractivity contribution in [3.63, 3.8) is 0 Å². The molecule has 2 N–H and O–H groups in total. The zero-order chi connectivity index (χ0) is 16.8. The summed E-state index contributed by atoms with van der Waals surface area (Å²) in [6.07, 6.45) is 2.88. The molecule has 1 heterocycles. The van der Waals surface area contributed by atoms with Crippen LogP contribution in [0.1, 0.15) is 24.7 Å². The van der Waals surface area contributed by atoms with E-state index in [9.17, 15) is 4.79 Å². The second-order valence-corrected chi connectivity index (χ2v) is 6.16. The highest BCUT2D eigenvalue weighted by molar-refractivity contribution is 5.77. The minimum atomic E-state index is -0.0623. The lowest BCUT2D eigenvalue weighted by molar-refractivity contribution is 0.514. The molecule has 0 fully saturated rings. The van der Waals surface area contributed by atoms with Crippen LogP contribution < -0.4 is 10.9 Å². The summed E-state index contributed by atoms with van der Waals surface area (Å²) in [5, 5.41) is 4.15. The van der Waals surface area contributed by atoms with Gasteiger partial charge in [0.05, 0.1) is 10.9 Å². The van der Waals surface area contributed by atoms with Gasteiger partial charge >= 0.3 is 0 Å². The van der Waals surface area contributed by atoms with Gasteiger partial charge in [0.2, 0.25) is 0 Å². The van der Waals surface area contributed by atoms with E-state index < -0.39 is 0 Å². The van der Waals surface area contributed by atoms with Crippen LogP contribution in [0.2, 0.25) is 0 Å². The topological polar surface area (TPSA) is 57.8 Å². The quantitative estimate of drug-likeness (QED) is 0.703. The van der Waals surface area contributed by atoms with Crippen molar-refractivity contribution in [1.29, 1.82) is 0 Å². The van der Waals surface area contributed by atoms with Gasteiger partial charge < -0.3 is 10.3 Å². The van der Waals surface area contributed by atoms with Crippen molar-refractivity contribution in [1.82, 2.24) is 15.3 Å². The van der Waals surface area contributed by atoms with E-state index in [1.54, 1.807) is 6.07 Å². The summed E-state index contributed by atoms with van der Waals surface area (Å²) in [5.41, 5.74) is 2.06. The van der Waals surface area contributed by atoms with Crippen LogP contribution in [0, 0.1) is 0 Å². The zero-order valence-corrected chi connectivity index (χ0v) is 14.0. The van der Waals surface area contributed by atoms with Gasteiger partial charge in [-0.3, -0.25) is 4.79 Å². The fourth-order valence-electron chi connectivity index (χ4n) is 2.82. The Balaban J connectivity index is 1.50. The van der Waals surface area contributed by atoms with Gasteiger partial charge in [-0.1, -0.05) is 42.5 Å². The van der Waals surface area contributed by atoms with Gasteiger partial charge in [0, 0.05) is 19.0 Å². The van der Waals surface area contributed by atoms with E-state index in [1.807, 2.05) is 24.3 Å². The van der Waals surface area contributed by atoms with Crippen molar-refractivity contribution in [2.75, 3.05) is 6.54 Å². The van der Waals surface area contributed by atoms with Gasteiger partial charge in [-0.25, -0.2) is 4.98 Å². The van der Waals surface area contributed by atoms with Gasteiger partial charge in [0.25, 0.3) is 5.56 Å². The number of aryl methyl sites for hydroxylation is 1. The summed E-state index contributed by atoms with van der Waals surface area (Å²) < 4.78 is 0. The first-order valence-electron chi connectivity index (χ1n) is 8.47. The van der Waals surface area contributed by atoms with E-state index in [4.69, 9.17) is 0 Å². The zero-order valence-electron chi connectivity index (χ0n) is 14.0. The lowest BCUT2D eigenvalue weighted by Gasteiger charge is -2.13. The number of rotatable bonds is 7. The molecule has 1 aromatic heterocycles. The first kappa shape index (κ1) is 16.4. The number of aromatic amines is 1. The Morgan fingerprint density at radius 3 is 2.62 bits per heavy atom. The Morgan fingerprint density at radius 2 is 1.79 bits per heavy atom. The molecule has 1 atom stereocenters. The fraction of sp³-hybridized carbons (Fsp3) is 0.300. The number of para-hydroxylation sites is 1. The molecule has 24 heavy (non-hydrogen) atoms. The molecule has 0 aliphatic heterocycles. The van der Waals surface area contributed by atoms with E-state index >= 15 is 0 Å². The van der Waals surface area contributed by atoms with E-state index in [0.29, 0.717) is 11.4 Å². The molecule has 3 aromatic rings. The monoisotopic (exact) mass is 321 g/mol. The van der Waals surface area contributed by atoms with Crippen molar-refractivity contribution in [3.8, 4) is 0 Å². The standard InChI is InChI=1S/C20H23N3O/c1-15(11-12-16-7-3-2-4-8-16)21-14-13-19-22-18-10-6-5-9-17(18)20(24)23-19/h2-10,15,21H,11-14H2,1H3,(H,22,23,24). The molecule has 0 saturated carbocycles. The third-order valence-electron chi connectivity index (χ3n) is 4.23. The molecule has 0 radical (unpaired) electrons. The summed E-state index contributed by atoms with van der Waals surface area (Å²) in [5.74, 6) is 0.737. The third-order valence-corrected chi connectivity index (χ3v) is 4.23. The number of nitrogens with one attached hydrogen (secondary N) is 2. The molecular formula is C20H23N3O. The van der Waals surface area contributed by atoms with Crippen molar-refractivity contribution >= 4 is 10.9 Å². The van der Waals surface area contributed by atoms with Crippen molar-refractivity contribution in [3.05, 3.63) is 76.3 Å². The van der Waals surface area contributed by atoms with E-state index in [2.05, 4.69) is 46.5 Å². The van der Waals surface area contributed by atoms with Gasteiger partial charge in [0.15, 0.2) is 0 Å². The second-order valence-electron chi connectivity index (χ2n) is 6.16. The van der Waals surface area contributed by atoms with Gasteiger partial charge in [-0.2, -0.15) is 0 Å². The molecule has 0 bridgehead atoms. The fourth-order valence-corrected chi connectivity index (χ4v) is 2.82. The Morgan fingerprint density at radius 1 is 1.04 bits per heavy atom. The van der Waals surface area contributed by atoms with Crippen LogP contribution in [0.4, 0.5) is 0 Å². The number of H-pyrrole nitrogens is 1. The van der Waals surface area contributed by atoms with E-state index in [0.717, 1.165) is 37.1 Å². The maximum absolute atomic E-state index is 12.0. The van der Waals surface area contributed by atoms with Gasteiger partial charge in [-0.05, 0) is 37.5 Å². The van der Waals surface area contributed by atoms with E-state index in [1.165, 1.54) is 5.56 Å². The molecule has 3 rings (SSSR count). The van der Waals surface area contributed by atoms with Crippen LogP contribution in [-0.4, -0.2) is 22.6 Å². The van der Waals surface area contributed by atoms with Crippen molar-refractivity contribution < 1.29 is 0 Å². The molecular weight excluding hydrogens is 298 g/mol. The number of fused-ring (bicyclic) bond motifs is 1. The predicted molar refractivity (Wildman–Crippen MR) is 98.3 cm³/mol. The maximum Gasteiger partial charge on any atom is 0.258 e. The summed E-state index contributed by atoms with van der Waals surface area (Å²) >= 11 is 0. The predicted octanol–water partition coefficient (Wildman–Crippen LogP) is 3.08. The molecule has 2 aromatic carbocycles. The summed E-state index contributed by atoms with van der Waals surface area (Å²) in [6.45, 7) is 3.00. The Hall–Kier alpha value is -2.46. The lowest BCUT2D eigenvalue weighted by Crippen LogP contribution is -2.29. The Bertz CT molecular complexity index is 842. The molecule has 124 valence electrons. The average Bonchev–Trinajstić information content (AvgIpc) is 2.61. The van der Waals surface area contributed by atoms with Crippen LogP contribution >= 0.6 is 0 Å². The highest BCUT2D eigenvalue weighted by Crippen LogP contribution is 2.06. The first-order valence-corrected chi connectivity index (χ1v) is 8.47. The molecule has 0 saturated heterocycles. The average molecular weight is 321 g/mol. The van der Waals surface area contributed by atoms with Crippen LogP contribution in [0.15, 0.2) is 59.4 Å². The van der Waals surface area contributed by atoms with Crippen LogP contribution in [-0.2, 0) is 12.8 Å². The minimum absolute atomic E-state index is 0.0623. The highest BCUT2D eigenvalue weighted by Gasteiger charge is 2.05. The SMILES string of the molecule is CC(CCc1ccccc1)NCCc1nc2ccccc2c(=O)[nH]1. The first-order chi connectivity index (χ1) is 11.7. The van der Waals surface area contributed by atoms with Crippen LogP contribution in [0.5, 0.6) is 0 Å². The number of hydrogen-bond acceptors (Lipinski definition) is 3. The molecule has 1 unspecified atom stereocenters. The number of hydrogen-bond donors (Lipinski definition) is 2. The van der Waals surface area contributed by atoms with Crippen molar-refractivity contribution in [2.45, 2.75) is 32.2 Å². The molecule has 4 nitrogen and oxygen atoms in total. The van der Waals surface area contributed by atoms with Crippen molar-refractivity contribution in [2.24, 2.45) is 0 Å². The molecule has 0 aliphatic rings. The number of aromatic nitrogens is 2. The molecule has 0 amide bonds. The Labute approximate surface area is 142 Å². The second kappa shape index (κ2) is 7.88. The summed E-state index contributed by atoms with van der Waals surface area (Å²) in [6, 6.07) is 18.4. The number of benzene rings is 2. The van der Waals surface area contributed by atoms with Gasteiger partial charge in [-0.15, -0.1) is 0 Å². The maximum atomic E-state index is 12.0. The molecule has 0 spiro atoms. The summed E-state index contributed by atoms with van der Waals surface area (Å²) in [7, 11) is 0. The largest absolute Gasteiger partial charge is 0.314 e. The Kier molecular flexibility index (Phi) is 5.39. The number of nitrogens with zero attached hydrogens (tertiary/aromatic N) is 1. The third kappa shape index (κ3) is 4.30. The van der Waals surface area contributed by atoms with Crippen LogP contribution in [0.3, 0.4) is 0 Å². The van der Waals surface area contributed by atoms with Gasteiger partial charge in [0.1, 0.15) is 5.82 Å². The lowest BCUT2D eigenvalue weighted by atomic mass is 10.1.